The number of aliphatic hydroxyl groups is 1. The van der Waals surface area contributed by atoms with Gasteiger partial charge in [0.1, 0.15) is 0 Å². The van der Waals surface area contributed by atoms with Gasteiger partial charge in [-0.05, 0) is 25.7 Å². The maximum atomic E-state index is 9.59. The lowest BCUT2D eigenvalue weighted by Crippen LogP contribution is -2.36. The third kappa shape index (κ3) is 3.23. The number of aliphatic hydroxyl groups excluding tert-OH is 1. The first-order valence-corrected chi connectivity index (χ1v) is 7.86. The predicted octanol–water partition coefficient (Wildman–Crippen LogP) is 3.60. The van der Waals surface area contributed by atoms with Gasteiger partial charge in [-0.2, -0.15) is 0 Å². The predicted molar refractivity (Wildman–Crippen MR) is 77.2 cm³/mol. The van der Waals surface area contributed by atoms with E-state index in [2.05, 4.69) is 23.7 Å². The summed E-state index contributed by atoms with van der Waals surface area (Å²) in [4.78, 5) is 7.07. The first-order valence-electron chi connectivity index (χ1n) is 6.98. The van der Waals surface area contributed by atoms with Crippen LogP contribution in [-0.2, 0) is 0 Å². The molecule has 1 N–H and O–H groups in total. The second-order valence-corrected chi connectivity index (χ2v) is 6.55. The van der Waals surface area contributed by atoms with Gasteiger partial charge in [0.25, 0.3) is 0 Å². The van der Waals surface area contributed by atoms with Crippen molar-refractivity contribution in [2.75, 3.05) is 11.4 Å². The molecule has 1 fully saturated rings. The Morgan fingerprint density at radius 2 is 2.06 bits per heavy atom. The van der Waals surface area contributed by atoms with E-state index in [1.165, 1.54) is 25.7 Å². The Balaban J connectivity index is 2.15. The fourth-order valence-corrected chi connectivity index (χ4v) is 3.59. The molecule has 4 heteroatoms. The minimum absolute atomic E-state index is 0.459. The Morgan fingerprint density at radius 1 is 1.39 bits per heavy atom. The van der Waals surface area contributed by atoms with E-state index in [4.69, 9.17) is 0 Å². The Kier molecular flexibility index (Phi) is 4.62. The van der Waals surface area contributed by atoms with E-state index in [9.17, 15) is 5.11 Å². The zero-order valence-corrected chi connectivity index (χ0v) is 12.4. The van der Waals surface area contributed by atoms with Crippen LogP contribution in [0.4, 0.5) is 5.13 Å². The van der Waals surface area contributed by atoms with E-state index < -0.39 is 6.10 Å². The van der Waals surface area contributed by atoms with Crippen molar-refractivity contribution in [2.45, 2.75) is 58.6 Å². The second kappa shape index (κ2) is 6.02. The molecule has 0 saturated heterocycles. The summed E-state index contributed by atoms with van der Waals surface area (Å²) >= 11 is 1.67. The van der Waals surface area contributed by atoms with Gasteiger partial charge in [-0.3, -0.25) is 0 Å². The number of rotatable bonds is 5. The standard InChI is InChI=1S/C14H24N2OS/c1-10(2)8-16(12-6-4-5-7-12)14-15-13(9-18-14)11(3)17/h9-12,17H,4-8H2,1-3H3. The Morgan fingerprint density at radius 3 is 2.56 bits per heavy atom. The topological polar surface area (TPSA) is 36.4 Å². The third-order valence-electron chi connectivity index (χ3n) is 3.51. The number of anilines is 1. The van der Waals surface area contributed by atoms with Crippen LogP contribution in [0.1, 0.15) is 58.3 Å². The van der Waals surface area contributed by atoms with Crippen LogP contribution in [0.25, 0.3) is 0 Å². The SMILES string of the molecule is CC(C)CN(c1nc(C(C)O)cs1)C1CCCC1. The monoisotopic (exact) mass is 268 g/mol. The second-order valence-electron chi connectivity index (χ2n) is 5.72. The molecule has 3 nitrogen and oxygen atoms in total. The number of thiazole rings is 1. The maximum Gasteiger partial charge on any atom is 0.185 e. The molecule has 0 aliphatic heterocycles. The van der Waals surface area contributed by atoms with Crippen LogP contribution < -0.4 is 4.90 Å². The van der Waals surface area contributed by atoms with E-state index in [0.717, 1.165) is 17.4 Å². The van der Waals surface area contributed by atoms with E-state index in [1.807, 2.05) is 5.38 Å². The summed E-state index contributed by atoms with van der Waals surface area (Å²) in [6, 6.07) is 0.653. The summed E-state index contributed by atoms with van der Waals surface area (Å²) in [5, 5.41) is 12.7. The lowest BCUT2D eigenvalue weighted by molar-refractivity contribution is 0.195. The fourth-order valence-electron chi connectivity index (χ4n) is 2.59. The van der Waals surface area contributed by atoms with Crippen molar-refractivity contribution in [2.24, 2.45) is 5.92 Å². The summed E-state index contributed by atoms with van der Waals surface area (Å²) < 4.78 is 0. The van der Waals surface area contributed by atoms with Gasteiger partial charge in [-0.25, -0.2) is 4.98 Å². The molecule has 0 aromatic carbocycles. The average molecular weight is 268 g/mol. The quantitative estimate of drug-likeness (QED) is 0.886. The first-order chi connectivity index (χ1) is 8.58. The first kappa shape index (κ1) is 13.8. The molecule has 0 amide bonds. The molecule has 18 heavy (non-hydrogen) atoms. The highest BCUT2D eigenvalue weighted by atomic mass is 32.1. The molecule has 0 spiro atoms. The third-order valence-corrected chi connectivity index (χ3v) is 4.41. The molecule has 1 aromatic rings. The molecule has 1 saturated carbocycles. The van der Waals surface area contributed by atoms with E-state index in [0.29, 0.717) is 12.0 Å². The van der Waals surface area contributed by atoms with Crippen molar-refractivity contribution in [1.82, 2.24) is 4.98 Å². The van der Waals surface area contributed by atoms with Crippen molar-refractivity contribution in [3.8, 4) is 0 Å². The average Bonchev–Trinajstić information content (AvgIpc) is 2.97. The van der Waals surface area contributed by atoms with E-state index in [-0.39, 0.29) is 0 Å². The number of nitrogens with zero attached hydrogens (tertiary/aromatic N) is 2. The molecule has 1 aliphatic carbocycles. The van der Waals surface area contributed by atoms with Gasteiger partial charge < -0.3 is 10.0 Å². The molecule has 1 unspecified atom stereocenters. The van der Waals surface area contributed by atoms with Crippen molar-refractivity contribution < 1.29 is 5.11 Å². The Hall–Kier alpha value is -0.610. The number of aromatic nitrogens is 1. The Bertz CT molecular complexity index is 370. The summed E-state index contributed by atoms with van der Waals surface area (Å²) in [7, 11) is 0. The van der Waals surface area contributed by atoms with Crippen LogP contribution in [0.2, 0.25) is 0 Å². The van der Waals surface area contributed by atoms with Crippen LogP contribution in [-0.4, -0.2) is 22.7 Å². The highest BCUT2D eigenvalue weighted by molar-refractivity contribution is 7.13. The normalized spacial score (nSPS) is 18.5. The van der Waals surface area contributed by atoms with Crippen LogP contribution in [0.15, 0.2) is 5.38 Å². The summed E-state index contributed by atoms with van der Waals surface area (Å²) in [5.41, 5.74) is 0.807. The van der Waals surface area contributed by atoms with Crippen molar-refractivity contribution >= 4 is 16.5 Å². The molecule has 1 heterocycles. The zero-order valence-electron chi connectivity index (χ0n) is 11.6. The zero-order chi connectivity index (χ0) is 13.1. The van der Waals surface area contributed by atoms with Gasteiger partial charge in [0, 0.05) is 18.0 Å². The van der Waals surface area contributed by atoms with Crippen molar-refractivity contribution in [3.05, 3.63) is 11.1 Å². The molecule has 0 bridgehead atoms. The number of hydrogen-bond donors (Lipinski definition) is 1. The van der Waals surface area contributed by atoms with Crippen LogP contribution in [0.3, 0.4) is 0 Å². The molecular weight excluding hydrogens is 244 g/mol. The van der Waals surface area contributed by atoms with Gasteiger partial charge in [0.15, 0.2) is 5.13 Å². The number of hydrogen-bond acceptors (Lipinski definition) is 4. The fraction of sp³-hybridized carbons (Fsp3) is 0.786. The van der Waals surface area contributed by atoms with Gasteiger partial charge in [-0.1, -0.05) is 26.7 Å². The molecule has 1 atom stereocenters. The maximum absolute atomic E-state index is 9.59. The van der Waals surface area contributed by atoms with Crippen molar-refractivity contribution in [3.63, 3.8) is 0 Å². The van der Waals surface area contributed by atoms with Gasteiger partial charge in [-0.15, -0.1) is 11.3 Å². The van der Waals surface area contributed by atoms with Gasteiger partial charge >= 0.3 is 0 Å². The lowest BCUT2D eigenvalue weighted by atomic mass is 10.1. The smallest absolute Gasteiger partial charge is 0.185 e. The minimum Gasteiger partial charge on any atom is -0.387 e. The summed E-state index contributed by atoms with van der Waals surface area (Å²) in [6.45, 7) is 7.36. The molecule has 102 valence electrons. The highest BCUT2D eigenvalue weighted by Gasteiger charge is 2.25. The van der Waals surface area contributed by atoms with Crippen LogP contribution in [0.5, 0.6) is 0 Å². The van der Waals surface area contributed by atoms with Crippen molar-refractivity contribution in [1.29, 1.82) is 0 Å². The molecule has 1 aliphatic rings. The Labute approximate surface area is 114 Å². The van der Waals surface area contributed by atoms with E-state index in [1.54, 1.807) is 18.3 Å². The van der Waals surface area contributed by atoms with Crippen LogP contribution in [0, 0.1) is 5.92 Å². The van der Waals surface area contributed by atoms with Gasteiger partial charge in [0.2, 0.25) is 0 Å². The lowest BCUT2D eigenvalue weighted by Gasteiger charge is -2.30. The minimum atomic E-state index is -0.459. The molecular formula is C14H24N2OS. The van der Waals surface area contributed by atoms with Gasteiger partial charge in [0.05, 0.1) is 11.8 Å². The highest BCUT2D eigenvalue weighted by Crippen LogP contribution is 2.32. The summed E-state index contributed by atoms with van der Waals surface area (Å²) in [6.07, 6.45) is 4.80. The molecule has 0 radical (unpaired) electrons. The van der Waals surface area contributed by atoms with E-state index >= 15 is 0 Å². The summed E-state index contributed by atoms with van der Waals surface area (Å²) in [5.74, 6) is 0.643. The largest absolute Gasteiger partial charge is 0.387 e. The van der Waals surface area contributed by atoms with Crippen LogP contribution >= 0.6 is 11.3 Å². The molecule has 2 rings (SSSR count). The molecule has 1 aromatic heterocycles.